The fraction of sp³-hybridized carbons (Fsp3) is 0.632. The predicted molar refractivity (Wildman–Crippen MR) is 101 cm³/mol. The molecule has 0 bridgehead atoms. The lowest BCUT2D eigenvalue weighted by Gasteiger charge is -2.22. The van der Waals surface area contributed by atoms with Gasteiger partial charge < -0.3 is 19.7 Å². The third kappa shape index (κ3) is 4.59. The number of fused-ring (bicyclic) bond motifs is 1. The van der Waals surface area contributed by atoms with Crippen molar-refractivity contribution in [3.05, 3.63) is 23.8 Å². The number of carbonyl (C=O) groups is 1. The van der Waals surface area contributed by atoms with Crippen molar-refractivity contribution < 1.29 is 14.3 Å². The zero-order valence-electron chi connectivity index (χ0n) is 15.3. The lowest BCUT2D eigenvalue weighted by atomic mass is 9.92. The number of nitrogens with zero attached hydrogens (tertiary/aromatic N) is 1. The Morgan fingerprint density at radius 1 is 1.16 bits per heavy atom. The average molecular weight is 369 g/mol. The minimum Gasteiger partial charge on any atom is -0.493 e. The molecule has 2 saturated heterocycles. The summed E-state index contributed by atoms with van der Waals surface area (Å²) in [7, 11) is 1.61. The Morgan fingerprint density at radius 2 is 1.80 bits per heavy atom. The molecule has 25 heavy (non-hydrogen) atoms. The molecule has 5 nitrogen and oxygen atoms in total. The van der Waals surface area contributed by atoms with Crippen LogP contribution in [0.1, 0.15) is 37.0 Å². The Hall–Kier alpha value is -1.46. The summed E-state index contributed by atoms with van der Waals surface area (Å²) < 4.78 is 11.1. The Morgan fingerprint density at radius 3 is 2.36 bits per heavy atom. The molecule has 1 N–H and O–H groups in total. The highest BCUT2D eigenvalue weighted by atomic mass is 35.5. The number of benzene rings is 1. The second-order valence-corrected chi connectivity index (χ2v) is 7.08. The van der Waals surface area contributed by atoms with Gasteiger partial charge in [0.2, 0.25) is 0 Å². The van der Waals surface area contributed by atoms with Crippen LogP contribution in [0.15, 0.2) is 18.2 Å². The molecule has 1 amide bonds. The van der Waals surface area contributed by atoms with E-state index in [1.807, 2.05) is 30.9 Å². The summed E-state index contributed by atoms with van der Waals surface area (Å²) in [6.07, 6.45) is 2.25. The largest absolute Gasteiger partial charge is 0.493 e. The van der Waals surface area contributed by atoms with Crippen molar-refractivity contribution in [2.45, 2.75) is 32.8 Å². The lowest BCUT2D eigenvalue weighted by Crippen LogP contribution is -2.32. The topological polar surface area (TPSA) is 50.8 Å². The maximum absolute atomic E-state index is 12.9. The number of carbonyl (C=O) groups excluding carboxylic acids is 1. The minimum absolute atomic E-state index is 0. The van der Waals surface area contributed by atoms with E-state index in [4.69, 9.17) is 9.47 Å². The Labute approximate surface area is 156 Å². The molecule has 1 aromatic rings. The van der Waals surface area contributed by atoms with E-state index in [1.54, 1.807) is 13.2 Å². The van der Waals surface area contributed by atoms with Crippen molar-refractivity contribution >= 4 is 18.3 Å². The molecule has 2 fully saturated rings. The molecule has 3 rings (SSSR count). The van der Waals surface area contributed by atoms with Crippen LogP contribution in [0, 0.1) is 11.8 Å². The van der Waals surface area contributed by atoms with Gasteiger partial charge in [0, 0.05) is 18.7 Å². The molecule has 6 heteroatoms. The third-order valence-corrected chi connectivity index (χ3v) is 5.08. The average Bonchev–Trinajstić information content (AvgIpc) is 2.92. The zero-order valence-corrected chi connectivity index (χ0v) is 16.1. The molecule has 1 aromatic carbocycles. The van der Waals surface area contributed by atoms with Gasteiger partial charge in [0.05, 0.1) is 13.2 Å². The highest BCUT2D eigenvalue weighted by molar-refractivity contribution is 5.95. The van der Waals surface area contributed by atoms with Crippen molar-refractivity contribution in [1.82, 2.24) is 10.2 Å². The van der Waals surface area contributed by atoms with Crippen LogP contribution < -0.4 is 14.8 Å². The van der Waals surface area contributed by atoms with Gasteiger partial charge >= 0.3 is 0 Å². The quantitative estimate of drug-likeness (QED) is 0.887. The fourth-order valence-corrected chi connectivity index (χ4v) is 3.76. The van der Waals surface area contributed by atoms with Crippen LogP contribution in [0.25, 0.3) is 0 Å². The van der Waals surface area contributed by atoms with Gasteiger partial charge in [-0.1, -0.05) is 0 Å². The minimum atomic E-state index is 0. The number of methoxy groups -OCH3 is 1. The molecule has 0 aliphatic carbocycles. The number of ether oxygens (including phenoxy) is 2. The lowest BCUT2D eigenvalue weighted by molar-refractivity contribution is 0.0758. The molecule has 2 atom stereocenters. The first-order chi connectivity index (χ1) is 11.6. The van der Waals surface area contributed by atoms with Crippen LogP contribution in [0.5, 0.6) is 11.5 Å². The third-order valence-electron chi connectivity index (χ3n) is 5.08. The molecule has 0 spiro atoms. The van der Waals surface area contributed by atoms with E-state index in [0.717, 1.165) is 50.9 Å². The van der Waals surface area contributed by atoms with Gasteiger partial charge in [0.25, 0.3) is 5.91 Å². The fourth-order valence-electron chi connectivity index (χ4n) is 3.76. The standard InChI is InChI=1S/C19H28N2O3.ClH/c1-13(2)24-17-5-4-14(10-18(17)23-3)19(22)21-8-6-15-11-20-12-16(15)7-9-21;/h4-5,10,13,15-16,20H,6-9,11-12H2,1-3H3;1H/t15-,16+;. The Kier molecular flexibility index (Phi) is 6.96. The summed E-state index contributed by atoms with van der Waals surface area (Å²) in [6.45, 7) is 7.83. The SMILES string of the molecule is COc1cc(C(=O)N2CC[C@@H]3CNC[C@@H]3CC2)ccc1OC(C)C.Cl. The zero-order chi connectivity index (χ0) is 17.1. The van der Waals surface area contributed by atoms with Crippen LogP contribution in [0.3, 0.4) is 0 Å². The summed E-state index contributed by atoms with van der Waals surface area (Å²) in [4.78, 5) is 14.9. The highest BCUT2D eigenvalue weighted by Crippen LogP contribution is 2.31. The molecule has 0 aromatic heterocycles. The van der Waals surface area contributed by atoms with E-state index in [2.05, 4.69) is 5.32 Å². The van der Waals surface area contributed by atoms with Gasteiger partial charge in [-0.3, -0.25) is 4.79 Å². The maximum atomic E-state index is 12.9. The number of halogens is 1. The van der Waals surface area contributed by atoms with Gasteiger partial charge in [0.15, 0.2) is 11.5 Å². The second kappa shape index (κ2) is 8.77. The molecule has 140 valence electrons. The van der Waals surface area contributed by atoms with Crippen molar-refractivity contribution in [1.29, 1.82) is 0 Å². The van der Waals surface area contributed by atoms with Crippen LogP contribution in [0.2, 0.25) is 0 Å². The van der Waals surface area contributed by atoms with Crippen molar-refractivity contribution in [3.63, 3.8) is 0 Å². The molecular weight excluding hydrogens is 340 g/mol. The molecule has 0 unspecified atom stereocenters. The summed E-state index contributed by atoms with van der Waals surface area (Å²) in [5, 5.41) is 3.47. The van der Waals surface area contributed by atoms with Crippen LogP contribution in [0.4, 0.5) is 0 Å². The molecule has 2 aliphatic rings. The smallest absolute Gasteiger partial charge is 0.253 e. The number of hydrogen-bond acceptors (Lipinski definition) is 4. The van der Waals surface area contributed by atoms with Gasteiger partial charge in [-0.05, 0) is 69.8 Å². The van der Waals surface area contributed by atoms with E-state index in [9.17, 15) is 4.79 Å². The van der Waals surface area contributed by atoms with Crippen LogP contribution in [-0.2, 0) is 0 Å². The van der Waals surface area contributed by atoms with E-state index in [1.165, 1.54) is 0 Å². The summed E-state index contributed by atoms with van der Waals surface area (Å²) in [6, 6.07) is 5.48. The van der Waals surface area contributed by atoms with Gasteiger partial charge in [-0.25, -0.2) is 0 Å². The summed E-state index contributed by atoms with van der Waals surface area (Å²) >= 11 is 0. The van der Waals surface area contributed by atoms with Crippen molar-refractivity contribution in [3.8, 4) is 11.5 Å². The number of rotatable bonds is 4. The van der Waals surface area contributed by atoms with E-state index >= 15 is 0 Å². The Bertz CT molecular complexity index is 580. The maximum Gasteiger partial charge on any atom is 0.253 e. The first-order valence-corrected chi connectivity index (χ1v) is 8.93. The van der Waals surface area contributed by atoms with E-state index < -0.39 is 0 Å². The molecule has 0 saturated carbocycles. The monoisotopic (exact) mass is 368 g/mol. The number of likely N-dealkylation sites (tertiary alicyclic amines) is 1. The van der Waals surface area contributed by atoms with Crippen LogP contribution in [-0.4, -0.2) is 50.2 Å². The van der Waals surface area contributed by atoms with Gasteiger partial charge in [-0.15, -0.1) is 12.4 Å². The molecular formula is C19H29ClN2O3. The van der Waals surface area contributed by atoms with Crippen LogP contribution >= 0.6 is 12.4 Å². The summed E-state index contributed by atoms with van der Waals surface area (Å²) in [5.41, 5.74) is 0.674. The molecule has 2 aliphatic heterocycles. The van der Waals surface area contributed by atoms with Crippen molar-refractivity contribution in [2.75, 3.05) is 33.3 Å². The van der Waals surface area contributed by atoms with Gasteiger partial charge in [-0.2, -0.15) is 0 Å². The first-order valence-electron chi connectivity index (χ1n) is 8.93. The number of nitrogens with one attached hydrogen (secondary N) is 1. The molecule has 2 heterocycles. The number of amides is 1. The normalized spacial score (nSPS) is 22.8. The predicted octanol–water partition coefficient (Wildman–Crippen LogP) is 2.98. The van der Waals surface area contributed by atoms with E-state index in [0.29, 0.717) is 17.1 Å². The second-order valence-electron chi connectivity index (χ2n) is 7.08. The summed E-state index contributed by atoms with van der Waals surface area (Å²) in [5.74, 6) is 2.83. The molecule has 0 radical (unpaired) electrons. The van der Waals surface area contributed by atoms with E-state index in [-0.39, 0.29) is 24.4 Å². The van der Waals surface area contributed by atoms with Gasteiger partial charge in [0.1, 0.15) is 0 Å². The first kappa shape index (κ1) is 19.9. The number of hydrogen-bond donors (Lipinski definition) is 1. The Balaban J connectivity index is 0.00000225. The van der Waals surface area contributed by atoms with Crippen molar-refractivity contribution in [2.24, 2.45) is 11.8 Å². The highest BCUT2D eigenvalue weighted by Gasteiger charge is 2.31.